The summed E-state index contributed by atoms with van der Waals surface area (Å²) in [6, 6.07) is 10.1. The summed E-state index contributed by atoms with van der Waals surface area (Å²) in [5.74, 6) is 0.213. The third-order valence-corrected chi connectivity index (χ3v) is 5.97. The van der Waals surface area contributed by atoms with Crippen LogP contribution in [0.15, 0.2) is 30.3 Å². The van der Waals surface area contributed by atoms with Crippen molar-refractivity contribution in [1.29, 1.82) is 0 Å². The number of carbonyl (C=O) groups is 1. The second-order valence-corrected chi connectivity index (χ2v) is 7.94. The Balaban J connectivity index is 1.77. The van der Waals surface area contributed by atoms with Gasteiger partial charge in [0.25, 0.3) is 0 Å². The quantitative estimate of drug-likeness (QED) is 0.902. The first kappa shape index (κ1) is 14.7. The van der Waals surface area contributed by atoms with Gasteiger partial charge in [-0.3, -0.25) is 14.3 Å². The minimum Gasteiger partial charge on any atom is -0.321 e. The molecule has 3 unspecified atom stereocenters. The van der Waals surface area contributed by atoms with Crippen LogP contribution in [0.1, 0.15) is 37.9 Å². The predicted octanol–water partition coefficient (Wildman–Crippen LogP) is 1.81. The SMILES string of the molecule is CC(CCN1C(=O)C2(CC2)NC1c1ccccc1)S(C)=O. The summed E-state index contributed by atoms with van der Waals surface area (Å²) >= 11 is 0. The maximum absolute atomic E-state index is 12.6. The van der Waals surface area contributed by atoms with Gasteiger partial charge in [-0.15, -0.1) is 0 Å². The Bertz CT molecular complexity index is 557. The number of amides is 1. The Morgan fingerprint density at radius 3 is 2.62 bits per heavy atom. The number of rotatable bonds is 5. The fraction of sp³-hybridized carbons (Fsp3) is 0.562. The summed E-state index contributed by atoms with van der Waals surface area (Å²) in [5, 5.41) is 3.63. The van der Waals surface area contributed by atoms with Crippen LogP contribution in [0.5, 0.6) is 0 Å². The predicted molar refractivity (Wildman–Crippen MR) is 84.1 cm³/mol. The summed E-state index contributed by atoms with van der Waals surface area (Å²) in [7, 11) is -0.839. The van der Waals surface area contributed by atoms with Crippen molar-refractivity contribution in [2.75, 3.05) is 12.8 Å². The molecule has 1 saturated carbocycles. The van der Waals surface area contributed by atoms with Gasteiger partial charge < -0.3 is 4.90 Å². The highest BCUT2D eigenvalue weighted by atomic mass is 32.2. The van der Waals surface area contributed by atoms with Gasteiger partial charge in [0.05, 0.1) is 0 Å². The van der Waals surface area contributed by atoms with Gasteiger partial charge in [-0.1, -0.05) is 37.3 Å². The van der Waals surface area contributed by atoms with Crippen LogP contribution < -0.4 is 5.32 Å². The van der Waals surface area contributed by atoms with E-state index in [-0.39, 0.29) is 22.9 Å². The summed E-state index contributed by atoms with van der Waals surface area (Å²) in [4.78, 5) is 14.6. The lowest BCUT2D eigenvalue weighted by atomic mass is 10.1. The van der Waals surface area contributed by atoms with E-state index >= 15 is 0 Å². The zero-order chi connectivity index (χ0) is 15.0. The molecule has 2 fully saturated rings. The van der Waals surface area contributed by atoms with Crippen molar-refractivity contribution in [3.8, 4) is 0 Å². The van der Waals surface area contributed by atoms with Gasteiger partial charge in [0, 0.05) is 28.9 Å². The molecule has 1 aliphatic carbocycles. The molecule has 2 aliphatic rings. The highest BCUT2D eigenvalue weighted by molar-refractivity contribution is 7.84. The number of hydrogen-bond donors (Lipinski definition) is 1. The van der Waals surface area contributed by atoms with E-state index in [1.54, 1.807) is 6.26 Å². The highest BCUT2D eigenvalue weighted by Crippen LogP contribution is 2.45. The first-order chi connectivity index (χ1) is 10.0. The number of hydrogen-bond acceptors (Lipinski definition) is 3. The van der Waals surface area contributed by atoms with E-state index in [0.717, 1.165) is 24.8 Å². The van der Waals surface area contributed by atoms with E-state index in [9.17, 15) is 9.00 Å². The third kappa shape index (κ3) is 2.77. The molecule has 1 heterocycles. The van der Waals surface area contributed by atoms with Gasteiger partial charge in [0.1, 0.15) is 11.7 Å². The minimum absolute atomic E-state index is 0.0429. The Morgan fingerprint density at radius 1 is 1.38 bits per heavy atom. The third-order valence-electron chi connectivity index (χ3n) is 4.60. The fourth-order valence-corrected chi connectivity index (χ4v) is 3.33. The molecule has 5 heteroatoms. The van der Waals surface area contributed by atoms with E-state index in [2.05, 4.69) is 17.4 Å². The van der Waals surface area contributed by atoms with Crippen molar-refractivity contribution in [2.24, 2.45) is 0 Å². The van der Waals surface area contributed by atoms with Crippen molar-refractivity contribution in [3.05, 3.63) is 35.9 Å². The lowest BCUT2D eigenvalue weighted by molar-refractivity contribution is -0.130. The van der Waals surface area contributed by atoms with Crippen molar-refractivity contribution >= 4 is 16.7 Å². The smallest absolute Gasteiger partial charge is 0.244 e. The molecule has 0 aromatic heterocycles. The highest BCUT2D eigenvalue weighted by Gasteiger charge is 2.59. The van der Waals surface area contributed by atoms with E-state index in [4.69, 9.17) is 0 Å². The largest absolute Gasteiger partial charge is 0.321 e. The molecule has 1 aliphatic heterocycles. The maximum atomic E-state index is 12.6. The monoisotopic (exact) mass is 306 g/mol. The Kier molecular flexibility index (Phi) is 3.88. The maximum Gasteiger partial charge on any atom is 0.244 e. The molecule has 1 amide bonds. The Hall–Kier alpha value is -1.20. The van der Waals surface area contributed by atoms with Gasteiger partial charge in [-0.05, 0) is 24.8 Å². The standard InChI is InChI=1S/C16H22N2O2S/c1-12(21(2)20)8-11-18-14(13-6-4-3-5-7-13)17-16(9-10-16)15(18)19/h3-7,12,14,17H,8-11H2,1-2H3. The summed E-state index contributed by atoms with van der Waals surface area (Å²) in [5.41, 5.74) is 0.815. The number of carbonyl (C=O) groups excluding carboxylic acids is 1. The van der Waals surface area contributed by atoms with E-state index in [1.165, 1.54) is 0 Å². The zero-order valence-corrected chi connectivity index (χ0v) is 13.4. The van der Waals surface area contributed by atoms with Crippen molar-refractivity contribution in [3.63, 3.8) is 0 Å². The molecule has 3 atom stereocenters. The molecule has 3 rings (SSSR count). The second kappa shape index (κ2) is 5.54. The summed E-state index contributed by atoms with van der Waals surface area (Å²) < 4.78 is 11.5. The first-order valence-electron chi connectivity index (χ1n) is 7.49. The minimum atomic E-state index is -0.839. The van der Waals surface area contributed by atoms with Crippen LogP contribution >= 0.6 is 0 Å². The normalized spacial score (nSPS) is 26.1. The summed E-state index contributed by atoms with van der Waals surface area (Å²) in [6.45, 7) is 2.64. The zero-order valence-electron chi connectivity index (χ0n) is 12.5. The van der Waals surface area contributed by atoms with Crippen LogP contribution in [0, 0.1) is 0 Å². The van der Waals surface area contributed by atoms with E-state index in [0.29, 0.717) is 6.54 Å². The molecule has 114 valence electrons. The lowest BCUT2D eigenvalue weighted by Crippen LogP contribution is -2.34. The van der Waals surface area contributed by atoms with Crippen LogP contribution in [-0.2, 0) is 15.6 Å². The van der Waals surface area contributed by atoms with Gasteiger partial charge in [0.2, 0.25) is 5.91 Å². The van der Waals surface area contributed by atoms with Crippen LogP contribution in [0.2, 0.25) is 0 Å². The molecular weight excluding hydrogens is 284 g/mol. The molecule has 1 spiro atoms. The second-order valence-electron chi connectivity index (χ2n) is 6.14. The van der Waals surface area contributed by atoms with Crippen LogP contribution in [-0.4, -0.2) is 38.6 Å². The lowest BCUT2D eigenvalue weighted by Gasteiger charge is -2.25. The number of benzene rings is 1. The molecule has 0 radical (unpaired) electrons. The van der Waals surface area contributed by atoms with Crippen LogP contribution in [0.4, 0.5) is 0 Å². The number of nitrogens with zero attached hydrogens (tertiary/aromatic N) is 1. The topological polar surface area (TPSA) is 49.4 Å². The molecule has 1 aromatic rings. The molecule has 1 aromatic carbocycles. The molecule has 1 N–H and O–H groups in total. The van der Waals surface area contributed by atoms with Gasteiger partial charge in [0.15, 0.2) is 0 Å². The van der Waals surface area contributed by atoms with Gasteiger partial charge >= 0.3 is 0 Å². The van der Waals surface area contributed by atoms with Crippen molar-refractivity contribution in [1.82, 2.24) is 10.2 Å². The van der Waals surface area contributed by atoms with Gasteiger partial charge in [-0.2, -0.15) is 0 Å². The summed E-state index contributed by atoms with van der Waals surface area (Å²) in [6.07, 6.45) is 4.32. The molecule has 4 nitrogen and oxygen atoms in total. The first-order valence-corrected chi connectivity index (χ1v) is 9.11. The van der Waals surface area contributed by atoms with Crippen molar-refractivity contribution in [2.45, 2.75) is 43.1 Å². The van der Waals surface area contributed by atoms with Crippen LogP contribution in [0.25, 0.3) is 0 Å². The van der Waals surface area contributed by atoms with E-state index < -0.39 is 10.8 Å². The Morgan fingerprint density at radius 2 is 2.05 bits per heavy atom. The molecule has 21 heavy (non-hydrogen) atoms. The molecular formula is C16H22N2O2S. The average Bonchev–Trinajstić information content (AvgIpc) is 3.21. The average molecular weight is 306 g/mol. The van der Waals surface area contributed by atoms with Gasteiger partial charge in [-0.25, -0.2) is 0 Å². The van der Waals surface area contributed by atoms with E-state index in [1.807, 2.05) is 30.0 Å². The molecule has 0 bridgehead atoms. The fourth-order valence-electron chi connectivity index (χ4n) is 2.89. The number of nitrogens with one attached hydrogen (secondary N) is 1. The van der Waals surface area contributed by atoms with Crippen LogP contribution in [0.3, 0.4) is 0 Å². The molecule has 1 saturated heterocycles. The van der Waals surface area contributed by atoms with Crippen molar-refractivity contribution < 1.29 is 9.00 Å². The Labute approximate surface area is 128 Å².